The summed E-state index contributed by atoms with van der Waals surface area (Å²) < 4.78 is 5.16. The van der Waals surface area contributed by atoms with Gasteiger partial charge in [0.2, 0.25) is 0 Å². The Morgan fingerprint density at radius 1 is 1.09 bits per heavy atom. The van der Waals surface area contributed by atoms with E-state index in [0.29, 0.717) is 12.1 Å². The first-order valence-electron chi connectivity index (χ1n) is 7.34. The topological polar surface area (TPSA) is 58.6 Å². The molecule has 0 aliphatic heterocycles. The fraction of sp³-hybridized carbons (Fsp3) is 0.278. The monoisotopic (exact) mass is 299 g/mol. The summed E-state index contributed by atoms with van der Waals surface area (Å²) in [6, 6.07) is 18.8. The van der Waals surface area contributed by atoms with Gasteiger partial charge < -0.3 is 15.2 Å². The van der Waals surface area contributed by atoms with Gasteiger partial charge in [-0.2, -0.15) is 0 Å². The molecule has 0 aromatic heterocycles. The van der Waals surface area contributed by atoms with Gasteiger partial charge in [-0.3, -0.25) is 0 Å². The minimum Gasteiger partial charge on any atom is -0.462 e. The molecule has 4 nitrogen and oxygen atoms in total. The quantitative estimate of drug-likeness (QED) is 0.771. The lowest BCUT2D eigenvalue weighted by Gasteiger charge is -2.16. The van der Waals surface area contributed by atoms with Gasteiger partial charge in [-0.25, -0.2) is 4.79 Å². The van der Waals surface area contributed by atoms with Gasteiger partial charge in [-0.15, -0.1) is 0 Å². The number of aliphatic hydroxyl groups excluding tert-OH is 1. The van der Waals surface area contributed by atoms with Gasteiger partial charge in [0.1, 0.15) is 6.61 Å². The number of benzene rings is 2. The molecule has 0 aliphatic carbocycles. The van der Waals surface area contributed by atoms with Crippen LogP contribution in [0.3, 0.4) is 0 Å². The average molecular weight is 299 g/mol. The zero-order valence-electron chi connectivity index (χ0n) is 12.6. The van der Waals surface area contributed by atoms with Crippen LogP contribution in [-0.2, 0) is 16.1 Å². The van der Waals surface area contributed by atoms with E-state index >= 15 is 0 Å². The lowest BCUT2D eigenvalue weighted by Crippen LogP contribution is -2.32. The molecule has 0 saturated carbocycles. The summed E-state index contributed by atoms with van der Waals surface area (Å²) in [5, 5.41) is 13.2. The molecule has 0 amide bonds. The number of esters is 1. The van der Waals surface area contributed by atoms with Crippen molar-refractivity contribution < 1.29 is 14.6 Å². The van der Waals surface area contributed by atoms with Gasteiger partial charge in [0.05, 0.1) is 0 Å². The zero-order valence-corrected chi connectivity index (χ0v) is 12.6. The summed E-state index contributed by atoms with van der Waals surface area (Å²) in [7, 11) is 0. The number of carbonyl (C=O) groups excluding carboxylic acids is 1. The van der Waals surface area contributed by atoms with Gasteiger partial charge >= 0.3 is 5.97 Å². The van der Waals surface area contributed by atoms with Gasteiger partial charge in [-0.1, -0.05) is 60.7 Å². The lowest BCUT2D eigenvalue weighted by molar-refractivity contribution is -0.154. The van der Waals surface area contributed by atoms with Crippen LogP contribution in [0.4, 0.5) is 0 Å². The van der Waals surface area contributed by atoms with Crippen molar-refractivity contribution in [2.45, 2.75) is 25.6 Å². The molecule has 0 fully saturated rings. The minimum absolute atomic E-state index is 0.00660. The fourth-order valence-corrected chi connectivity index (χ4v) is 2.00. The zero-order chi connectivity index (χ0) is 15.8. The molecule has 2 rings (SSSR count). The number of ether oxygens (including phenoxy) is 1. The average Bonchev–Trinajstić information content (AvgIpc) is 2.58. The first-order valence-corrected chi connectivity index (χ1v) is 7.34. The van der Waals surface area contributed by atoms with Crippen molar-refractivity contribution in [1.82, 2.24) is 5.32 Å². The number of carbonyl (C=O) groups is 1. The molecule has 1 unspecified atom stereocenters. The molecule has 0 bridgehead atoms. The van der Waals surface area contributed by atoms with Gasteiger partial charge in [0.25, 0.3) is 0 Å². The molecule has 0 radical (unpaired) electrons. The van der Waals surface area contributed by atoms with Crippen LogP contribution in [0.15, 0.2) is 60.7 Å². The van der Waals surface area contributed by atoms with E-state index in [1.807, 2.05) is 43.3 Å². The predicted octanol–water partition coefficient (Wildman–Crippen LogP) is 2.44. The summed E-state index contributed by atoms with van der Waals surface area (Å²) in [6.45, 7) is 2.86. The first kappa shape index (κ1) is 16.2. The molecule has 4 heteroatoms. The van der Waals surface area contributed by atoms with Crippen LogP contribution in [0, 0.1) is 0 Å². The molecule has 22 heavy (non-hydrogen) atoms. The standard InChI is InChI=1S/C18H21NO3/c1-14(19-12-15-8-4-2-5-9-15)13-22-18(21)17(20)16-10-6-3-7-11-16/h2-11,14,17,19-20H,12-13H2,1H3/t14?,17-/m1/s1. The third-order valence-electron chi connectivity index (χ3n) is 3.31. The Hall–Kier alpha value is -2.17. The molecule has 2 N–H and O–H groups in total. The van der Waals surface area contributed by atoms with E-state index in [1.165, 1.54) is 5.56 Å². The minimum atomic E-state index is -1.23. The predicted molar refractivity (Wildman–Crippen MR) is 85.1 cm³/mol. The number of hydrogen-bond acceptors (Lipinski definition) is 4. The third kappa shape index (κ3) is 4.98. The molecule has 0 spiro atoms. The van der Waals surface area contributed by atoms with E-state index in [0.717, 1.165) is 0 Å². The number of rotatable bonds is 7. The van der Waals surface area contributed by atoms with E-state index in [2.05, 4.69) is 5.32 Å². The van der Waals surface area contributed by atoms with Crippen LogP contribution in [0.5, 0.6) is 0 Å². The highest BCUT2D eigenvalue weighted by molar-refractivity contribution is 5.76. The maximum absolute atomic E-state index is 11.8. The Morgan fingerprint density at radius 2 is 1.68 bits per heavy atom. The molecule has 116 valence electrons. The van der Waals surface area contributed by atoms with E-state index in [4.69, 9.17) is 4.74 Å². The Labute approximate surface area is 130 Å². The SMILES string of the molecule is CC(COC(=O)[C@H](O)c1ccccc1)NCc1ccccc1. The molecule has 0 aliphatic rings. The van der Waals surface area contributed by atoms with E-state index in [1.54, 1.807) is 24.3 Å². The number of aliphatic hydroxyl groups is 1. The van der Waals surface area contributed by atoms with Crippen molar-refractivity contribution in [1.29, 1.82) is 0 Å². The molecule has 0 saturated heterocycles. The van der Waals surface area contributed by atoms with Crippen LogP contribution in [0.1, 0.15) is 24.2 Å². The summed E-state index contributed by atoms with van der Waals surface area (Å²) in [5.74, 6) is -0.625. The maximum Gasteiger partial charge on any atom is 0.339 e. The second-order valence-electron chi connectivity index (χ2n) is 5.21. The lowest BCUT2D eigenvalue weighted by atomic mass is 10.1. The number of hydrogen-bond donors (Lipinski definition) is 2. The molecular formula is C18H21NO3. The van der Waals surface area contributed by atoms with E-state index in [-0.39, 0.29) is 12.6 Å². The van der Waals surface area contributed by atoms with Gasteiger partial charge in [0, 0.05) is 12.6 Å². The highest BCUT2D eigenvalue weighted by Gasteiger charge is 2.19. The molecule has 0 heterocycles. The maximum atomic E-state index is 11.8. The van der Waals surface area contributed by atoms with Crippen LogP contribution in [0.25, 0.3) is 0 Å². The molecule has 2 aromatic rings. The van der Waals surface area contributed by atoms with E-state index in [9.17, 15) is 9.90 Å². The summed E-state index contributed by atoms with van der Waals surface area (Å²) in [4.78, 5) is 11.8. The molecule has 2 atom stereocenters. The van der Waals surface area contributed by atoms with Crippen molar-refractivity contribution in [2.24, 2.45) is 0 Å². The van der Waals surface area contributed by atoms with Crippen LogP contribution >= 0.6 is 0 Å². The third-order valence-corrected chi connectivity index (χ3v) is 3.31. The summed E-state index contributed by atoms with van der Waals surface area (Å²) >= 11 is 0. The van der Waals surface area contributed by atoms with Crippen LogP contribution in [0.2, 0.25) is 0 Å². The second kappa shape index (κ2) is 8.32. The van der Waals surface area contributed by atoms with E-state index < -0.39 is 12.1 Å². The molecular weight excluding hydrogens is 278 g/mol. The fourth-order valence-electron chi connectivity index (χ4n) is 2.00. The van der Waals surface area contributed by atoms with Crippen molar-refractivity contribution in [3.63, 3.8) is 0 Å². The van der Waals surface area contributed by atoms with Crippen molar-refractivity contribution in [3.8, 4) is 0 Å². The Bertz CT molecular complexity index is 571. The smallest absolute Gasteiger partial charge is 0.339 e. The molecule has 2 aromatic carbocycles. The van der Waals surface area contributed by atoms with Crippen molar-refractivity contribution in [3.05, 3.63) is 71.8 Å². The van der Waals surface area contributed by atoms with Gasteiger partial charge in [-0.05, 0) is 18.1 Å². The first-order chi connectivity index (χ1) is 10.7. The van der Waals surface area contributed by atoms with Crippen LogP contribution in [-0.4, -0.2) is 23.7 Å². The van der Waals surface area contributed by atoms with Gasteiger partial charge in [0.15, 0.2) is 6.10 Å². The van der Waals surface area contributed by atoms with Crippen LogP contribution < -0.4 is 5.32 Å². The second-order valence-corrected chi connectivity index (χ2v) is 5.21. The summed E-state index contributed by atoms with van der Waals surface area (Å²) in [6.07, 6.45) is -1.23. The summed E-state index contributed by atoms with van der Waals surface area (Å²) in [5.41, 5.74) is 1.71. The highest BCUT2D eigenvalue weighted by atomic mass is 16.5. The van der Waals surface area contributed by atoms with Crippen molar-refractivity contribution in [2.75, 3.05) is 6.61 Å². The normalized spacial score (nSPS) is 13.4. The largest absolute Gasteiger partial charge is 0.462 e. The Balaban J connectivity index is 1.74. The Morgan fingerprint density at radius 3 is 2.32 bits per heavy atom. The highest BCUT2D eigenvalue weighted by Crippen LogP contribution is 2.13. The number of nitrogens with one attached hydrogen (secondary N) is 1. The Kier molecular flexibility index (Phi) is 6.13. The van der Waals surface area contributed by atoms with Crippen molar-refractivity contribution >= 4 is 5.97 Å².